The summed E-state index contributed by atoms with van der Waals surface area (Å²) in [5, 5.41) is 13.5. The van der Waals surface area contributed by atoms with E-state index < -0.39 is 16.7 Å². The molecule has 2 aliphatic rings. The van der Waals surface area contributed by atoms with Crippen LogP contribution in [0.25, 0.3) is 17.2 Å². The van der Waals surface area contributed by atoms with Crippen molar-refractivity contribution in [3.8, 4) is 11.8 Å². The zero-order chi connectivity index (χ0) is 30.8. The van der Waals surface area contributed by atoms with Gasteiger partial charge in [-0.25, -0.2) is 9.78 Å². The van der Waals surface area contributed by atoms with Gasteiger partial charge in [0.05, 0.1) is 5.54 Å². The lowest BCUT2D eigenvalue weighted by atomic mass is 9.71. The Hall–Kier alpha value is -4.14. The van der Waals surface area contributed by atoms with Crippen LogP contribution < -0.4 is 5.32 Å². The molecule has 0 atom stereocenters. The molecule has 0 radical (unpaired) electrons. The first-order valence-corrected chi connectivity index (χ1v) is 15.2. The Labute approximate surface area is 256 Å². The highest BCUT2D eigenvalue weighted by Gasteiger charge is 2.41. The number of aryl methyl sites for hydroxylation is 1. The van der Waals surface area contributed by atoms with Crippen LogP contribution in [0.2, 0.25) is 0 Å². The minimum Gasteiger partial charge on any atom is -0.444 e. The number of pyridine rings is 1. The highest BCUT2D eigenvalue weighted by atomic mass is 16.6. The number of allylic oxidation sites excluding steroid dienone is 3. The summed E-state index contributed by atoms with van der Waals surface area (Å²) in [5.74, 6) is 6.10. The topological polar surface area (TPSA) is 71.5 Å². The third kappa shape index (κ3) is 7.09. The maximum absolute atomic E-state index is 12.7. The van der Waals surface area contributed by atoms with Crippen LogP contribution >= 0.6 is 0 Å². The van der Waals surface area contributed by atoms with Gasteiger partial charge in [0.1, 0.15) is 16.9 Å². The molecule has 222 valence electrons. The first-order chi connectivity index (χ1) is 20.3. The number of fused-ring (bicyclic) bond motifs is 1. The monoisotopic (exact) mass is 574 g/mol. The van der Waals surface area contributed by atoms with Crippen LogP contribution in [-0.4, -0.2) is 27.4 Å². The number of aliphatic hydroxyl groups is 1. The Morgan fingerprint density at radius 2 is 1.65 bits per heavy atom. The third-order valence-corrected chi connectivity index (χ3v) is 8.08. The molecule has 43 heavy (non-hydrogen) atoms. The number of alkyl carbamates (subject to hydrolysis) is 1. The lowest BCUT2D eigenvalue weighted by molar-refractivity contribution is 0.0377. The Morgan fingerprint density at radius 3 is 2.26 bits per heavy atom. The Morgan fingerprint density at radius 1 is 0.953 bits per heavy atom. The molecule has 1 fully saturated rings. The summed E-state index contributed by atoms with van der Waals surface area (Å²) in [5.41, 5.74) is 7.73. The van der Waals surface area contributed by atoms with Crippen molar-refractivity contribution in [2.45, 2.75) is 90.4 Å². The SMILES string of the molecule is CC1=C(c2ccc(C3(NC(=O)OC(C)(C)C)CCC3)cc2)C(c2ccccc2)=Cc2c(ccnc2C#CC(C)(C)O)CC1. The number of aromatic nitrogens is 1. The van der Waals surface area contributed by atoms with Crippen molar-refractivity contribution in [3.63, 3.8) is 0 Å². The fourth-order valence-corrected chi connectivity index (χ4v) is 5.82. The van der Waals surface area contributed by atoms with Gasteiger partial charge in [0.25, 0.3) is 0 Å². The standard InChI is InChI=1S/C38H42N2O3/c1-26-13-14-28-20-24-39-33(19-23-37(5,6)42)31(28)25-32(27-11-8-7-9-12-27)34(26)29-15-17-30(18-16-29)38(21-10-22-38)40-35(41)43-36(2,3)4/h7-9,11-12,15-18,20,24-25,42H,10,13-14,21-22H2,1-6H3,(H,40,41). The molecular formula is C38H42N2O3. The van der Waals surface area contributed by atoms with Crippen molar-refractivity contribution in [2.75, 3.05) is 0 Å². The van der Waals surface area contributed by atoms with Crippen molar-refractivity contribution in [1.29, 1.82) is 0 Å². The zero-order valence-electron chi connectivity index (χ0n) is 26.2. The van der Waals surface area contributed by atoms with E-state index in [0.717, 1.165) is 59.9 Å². The molecule has 0 bridgehead atoms. The quantitative estimate of drug-likeness (QED) is 0.309. The fourth-order valence-electron chi connectivity index (χ4n) is 5.82. The number of nitrogens with zero attached hydrogens (tertiary/aromatic N) is 1. The highest BCUT2D eigenvalue weighted by Crippen LogP contribution is 2.44. The van der Waals surface area contributed by atoms with Crippen LogP contribution in [0.5, 0.6) is 0 Å². The maximum atomic E-state index is 12.7. The average Bonchev–Trinajstić information content (AvgIpc) is 2.91. The van der Waals surface area contributed by atoms with E-state index in [2.05, 4.69) is 89.7 Å². The number of amides is 1. The Balaban J connectivity index is 1.58. The van der Waals surface area contributed by atoms with Gasteiger partial charge in [0.2, 0.25) is 0 Å². The molecule has 0 saturated heterocycles. The number of benzene rings is 2. The molecule has 2 N–H and O–H groups in total. The summed E-state index contributed by atoms with van der Waals surface area (Å²) in [6.07, 6.45) is 8.25. The number of ether oxygens (including phenoxy) is 1. The van der Waals surface area contributed by atoms with E-state index in [0.29, 0.717) is 5.69 Å². The molecule has 5 nitrogen and oxygen atoms in total. The van der Waals surface area contributed by atoms with Crippen molar-refractivity contribution in [1.82, 2.24) is 10.3 Å². The molecule has 1 heterocycles. The summed E-state index contributed by atoms with van der Waals surface area (Å²) in [4.78, 5) is 17.3. The molecule has 1 saturated carbocycles. The van der Waals surface area contributed by atoms with E-state index in [4.69, 9.17) is 4.74 Å². The summed E-state index contributed by atoms with van der Waals surface area (Å²) in [7, 11) is 0. The van der Waals surface area contributed by atoms with Gasteiger partial charge in [-0.15, -0.1) is 0 Å². The van der Waals surface area contributed by atoms with Gasteiger partial charge in [0.15, 0.2) is 0 Å². The van der Waals surface area contributed by atoms with Crippen LogP contribution in [0.15, 0.2) is 72.4 Å². The number of hydrogen-bond donors (Lipinski definition) is 2. The predicted octanol–water partition coefficient (Wildman–Crippen LogP) is 8.07. The summed E-state index contributed by atoms with van der Waals surface area (Å²) in [6, 6.07) is 21.2. The molecule has 0 unspecified atom stereocenters. The minimum absolute atomic E-state index is 0.375. The summed E-state index contributed by atoms with van der Waals surface area (Å²) in [6.45, 7) is 11.2. The molecular weight excluding hydrogens is 532 g/mol. The first kappa shape index (κ1) is 30.3. The van der Waals surface area contributed by atoms with Gasteiger partial charge >= 0.3 is 6.09 Å². The van der Waals surface area contributed by atoms with Crippen LogP contribution in [0.1, 0.15) is 101 Å². The van der Waals surface area contributed by atoms with E-state index in [1.165, 1.54) is 16.7 Å². The van der Waals surface area contributed by atoms with Gasteiger partial charge in [-0.3, -0.25) is 0 Å². The Kier molecular flexibility index (Phi) is 8.36. The van der Waals surface area contributed by atoms with Crippen molar-refractivity contribution >= 4 is 23.3 Å². The first-order valence-electron chi connectivity index (χ1n) is 15.2. The number of rotatable bonds is 4. The van der Waals surface area contributed by atoms with Gasteiger partial charge in [-0.1, -0.05) is 66.1 Å². The van der Waals surface area contributed by atoms with Gasteiger partial charge < -0.3 is 15.2 Å². The molecule has 5 rings (SSSR count). The second-order valence-electron chi connectivity index (χ2n) is 13.3. The van der Waals surface area contributed by atoms with E-state index in [-0.39, 0.29) is 6.09 Å². The molecule has 0 spiro atoms. The summed E-state index contributed by atoms with van der Waals surface area (Å²) < 4.78 is 5.59. The lowest BCUT2D eigenvalue weighted by Crippen LogP contribution is -2.52. The van der Waals surface area contributed by atoms with Crippen molar-refractivity contribution in [3.05, 3.63) is 106 Å². The zero-order valence-corrected chi connectivity index (χ0v) is 26.2. The van der Waals surface area contributed by atoms with Crippen molar-refractivity contribution < 1.29 is 14.6 Å². The Bertz CT molecular complexity index is 1620. The van der Waals surface area contributed by atoms with Gasteiger partial charge in [0, 0.05) is 11.8 Å². The van der Waals surface area contributed by atoms with E-state index >= 15 is 0 Å². The number of carbonyl (C=O) groups excluding carboxylic acids is 1. The second kappa shape index (κ2) is 11.9. The molecule has 1 amide bonds. The van der Waals surface area contributed by atoms with E-state index in [1.54, 1.807) is 13.8 Å². The van der Waals surface area contributed by atoms with E-state index in [9.17, 15) is 9.90 Å². The normalized spacial score (nSPS) is 16.4. The molecule has 2 aromatic carbocycles. The lowest BCUT2D eigenvalue weighted by Gasteiger charge is -2.43. The average molecular weight is 575 g/mol. The molecule has 1 aromatic heterocycles. The van der Waals surface area contributed by atoms with Crippen LogP contribution in [0.4, 0.5) is 4.79 Å². The van der Waals surface area contributed by atoms with Crippen molar-refractivity contribution in [2.24, 2.45) is 0 Å². The fraction of sp³-hybridized carbons (Fsp3) is 0.368. The number of hydrogen-bond acceptors (Lipinski definition) is 4. The smallest absolute Gasteiger partial charge is 0.408 e. The highest BCUT2D eigenvalue weighted by molar-refractivity contribution is 6.12. The molecule has 5 heteroatoms. The van der Waals surface area contributed by atoms with Gasteiger partial charge in [-0.05, 0) is 125 Å². The van der Waals surface area contributed by atoms with E-state index in [1.807, 2.05) is 33.0 Å². The van der Waals surface area contributed by atoms with Crippen LogP contribution in [0, 0.1) is 11.8 Å². The summed E-state index contributed by atoms with van der Waals surface area (Å²) >= 11 is 0. The number of nitrogens with one attached hydrogen (secondary N) is 1. The molecule has 3 aromatic rings. The van der Waals surface area contributed by atoms with Gasteiger partial charge in [-0.2, -0.15) is 0 Å². The molecule has 0 aliphatic heterocycles. The minimum atomic E-state index is -1.11. The number of carbonyl (C=O) groups is 1. The largest absolute Gasteiger partial charge is 0.444 e. The van der Waals surface area contributed by atoms with Crippen LogP contribution in [0.3, 0.4) is 0 Å². The predicted molar refractivity (Wildman–Crippen MR) is 174 cm³/mol. The second-order valence-corrected chi connectivity index (χ2v) is 13.3. The molecule has 2 aliphatic carbocycles. The maximum Gasteiger partial charge on any atom is 0.408 e. The third-order valence-electron chi connectivity index (χ3n) is 8.08. The van der Waals surface area contributed by atoms with Crippen LogP contribution in [-0.2, 0) is 16.7 Å².